The molecular formula is C19H21NO4S. The van der Waals surface area contributed by atoms with E-state index in [2.05, 4.69) is 4.90 Å². The number of aliphatic carboxylic acids is 1. The van der Waals surface area contributed by atoms with Crippen LogP contribution >= 0.6 is 11.3 Å². The monoisotopic (exact) mass is 359 g/mol. The lowest BCUT2D eigenvalue weighted by Gasteiger charge is -2.26. The summed E-state index contributed by atoms with van der Waals surface area (Å²) >= 11 is 1.41. The Labute approximate surface area is 151 Å². The number of hydrogen-bond acceptors (Lipinski definition) is 5. The van der Waals surface area contributed by atoms with Crippen LogP contribution in [0.25, 0.3) is 11.6 Å². The second-order valence-corrected chi connectivity index (χ2v) is 6.63. The number of carbonyl (C=O) groups is 1. The van der Waals surface area contributed by atoms with E-state index in [-0.39, 0.29) is 5.57 Å². The first-order valence-electron chi connectivity index (χ1n) is 8.25. The molecule has 6 heteroatoms. The first-order valence-corrected chi connectivity index (χ1v) is 9.13. The van der Waals surface area contributed by atoms with Crippen molar-refractivity contribution in [1.82, 2.24) is 4.90 Å². The number of benzene rings is 1. The highest BCUT2D eigenvalue weighted by molar-refractivity contribution is 7.11. The number of ether oxygens (including phenoxy) is 2. The Balaban J connectivity index is 1.71. The van der Waals surface area contributed by atoms with Crippen LogP contribution < -0.4 is 4.74 Å². The van der Waals surface area contributed by atoms with Gasteiger partial charge in [0.1, 0.15) is 12.4 Å². The van der Waals surface area contributed by atoms with Gasteiger partial charge in [0.25, 0.3) is 0 Å². The van der Waals surface area contributed by atoms with Gasteiger partial charge < -0.3 is 14.6 Å². The van der Waals surface area contributed by atoms with Crippen LogP contribution in [0.2, 0.25) is 0 Å². The van der Waals surface area contributed by atoms with Crippen molar-refractivity contribution < 1.29 is 19.4 Å². The van der Waals surface area contributed by atoms with Crippen molar-refractivity contribution in [2.45, 2.75) is 0 Å². The Hall–Kier alpha value is -2.15. The summed E-state index contributed by atoms with van der Waals surface area (Å²) in [6.07, 6.45) is 1.68. The quantitative estimate of drug-likeness (QED) is 0.770. The fourth-order valence-electron chi connectivity index (χ4n) is 2.67. The van der Waals surface area contributed by atoms with Crippen molar-refractivity contribution in [2.75, 3.05) is 39.5 Å². The molecular weight excluding hydrogens is 338 g/mol. The fourth-order valence-corrected chi connectivity index (χ4v) is 3.40. The van der Waals surface area contributed by atoms with Gasteiger partial charge in [0.05, 0.1) is 18.8 Å². The van der Waals surface area contributed by atoms with Gasteiger partial charge in [0.15, 0.2) is 0 Å². The largest absolute Gasteiger partial charge is 0.492 e. The summed E-state index contributed by atoms with van der Waals surface area (Å²) in [5.41, 5.74) is 1.05. The van der Waals surface area contributed by atoms with Gasteiger partial charge in [-0.25, -0.2) is 4.79 Å². The molecule has 0 amide bonds. The molecule has 132 valence electrons. The van der Waals surface area contributed by atoms with Crippen LogP contribution in [0, 0.1) is 0 Å². The summed E-state index contributed by atoms with van der Waals surface area (Å²) in [6.45, 7) is 4.77. The first-order chi connectivity index (χ1) is 12.2. The SMILES string of the molecule is O=C(O)/C(=C\c1ccccc1OCCN1CCOCC1)c1cccs1. The highest BCUT2D eigenvalue weighted by Gasteiger charge is 2.14. The molecule has 0 bridgehead atoms. The van der Waals surface area contributed by atoms with Gasteiger partial charge in [0, 0.05) is 30.1 Å². The van der Waals surface area contributed by atoms with E-state index in [1.165, 1.54) is 11.3 Å². The Bertz CT molecular complexity index is 721. The minimum Gasteiger partial charge on any atom is -0.492 e. The topological polar surface area (TPSA) is 59.0 Å². The number of thiophene rings is 1. The van der Waals surface area contributed by atoms with Crippen LogP contribution in [-0.2, 0) is 9.53 Å². The second kappa shape index (κ2) is 8.80. The predicted molar refractivity (Wildman–Crippen MR) is 99.0 cm³/mol. The minimum absolute atomic E-state index is 0.277. The van der Waals surface area contributed by atoms with Crippen LogP contribution in [0.1, 0.15) is 10.4 Å². The van der Waals surface area contributed by atoms with Crippen molar-refractivity contribution in [3.63, 3.8) is 0 Å². The van der Waals surface area contributed by atoms with Crippen molar-refractivity contribution in [2.24, 2.45) is 0 Å². The van der Waals surface area contributed by atoms with Gasteiger partial charge in [-0.05, 0) is 23.6 Å². The van der Waals surface area contributed by atoms with E-state index in [4.69, 9.17) is 9.47 Å². The Morgan fingerprint density at radius 3 is 2.76 bits per heavy atom. The van der Waals surface area contributed by atoms with Crippen molar-refractivity contribution in [1.29, 1.82) is 0 Å². The minimum atomic E-state index is -0.939. The molecule has 0 spiro atoms. The molecule has 5 nitrogen and oxygen atoms in total. The highest BCUT2D eigenvalue weighted by atomic mass is 32.1. The lowest BCUT2D eigenvalue weighted by molar-refractivity contribution is -0.130. The molecule has 3 rings (SSSR count). The highest BCUT2D eigenvalue weighted by Crippen LogP contribution is 2.27. The fraction of sp³-hybridized carbons (Fsp3) is 0.316. The molecule has 0 radical (unpaired) electrons. The van der Waals surface area contributed by atoms with Crippen molar-refractivity contribution in [3.8, 4) is 5.75 Å². The summed E-state index contributed by atoms with van der Waals surface area (Å²) in [5.74, 6) is -0.239. The smallest absolute Gasteiger partial charge is 0.337 e. The Morgan fingerprint density at radius 1 is 1.24 bits per heavy atom. The third kappa shape index (κ3) is 4.92. The molecule has 0 atom stereocenters. The Morgan fingerprint density at radius 2 is 2.04 bits per heavy atom. The number of rotatable bonds is 7. The zero-order chi connectivity index (χ0) is 17.5. The average molecular weight is 359 g/mol. The normalized spacial score (nSPS) is 15.9. The lowest BCUT2D eigenvalue weighted by atomic mass is 10.1. The standard InChI is InChI=1S/C19H21NO4S/c21-19(22)16(18-6-3-13-25-18)14-15-4-1-2-5-17(15)24-12-9-20-7-10-23-11-8-20/h1-6,13-14H,7-12H2,(H,21,22)/b16-14-. The molecule has 1 aliphatic rings. The van der Waals surface area contributed by atoms with Crippen LogP contribution in [0.5, 0.6) is 5.75 Å². The molecule has 25 heavy (non-hydrogen) atoms. The zero-order valence-electron chi connectivity index (χ0n) is 13.9. The predicted octanol–water partition coefficient (Wildman–Crippen LogP) is 3.08. The summed E-state index contributed by atoms with van der Waals surface area (Å²) in [4.78, 5) is 14.6. The summed E-state index contributed by atoms with van der Waals surface area (Å²) in [6, 6.07) is 11.2. The maximum absolute atomic E-state index is 11.6. The van der Waals surface area contributed by atoms with Gasteiger partial charge in [-0.2, -0.15) is 0 Å². The molecule has 1 fully saturated rings. The van der Waals surface area contributed by atoms with E-state index in [1.807, 2.05) is 41.8 Å². The van der Waals surface area contributed by atoms with Gasteiger partial charge in [-0.15, -0.1) is 11.3 Å². The van der Waals surface area contributed by atoms with Crippen LogP contribution in [0.4, 0.5) is 0 Å². The molecule has 1 aliphatic heterocycles. The molecule has 1 saturated heterocycles. The molecule has 1 aromatic carbocycles. The van der Waals surface area contributed by atoms with E-state index < -0.39 is 5.97 Å². The molecule has 2 heterocycles. The molecule has 1 N–H and O–H groups in total. The summed E-state index contributed by atoms with van der Waals surface area (Å²) in [5, 5.41) is 11.4. The van der Waals surface area contributed by atoms with E-state index >= 15 is 0 Å². The number of morpholine rings is 1. The van der Waals surface area contributed by atoms with E-state index in [1.54, 1.807) is 6.08 Å². The molecule has 0 saturated carbocycles. The van der Waals surface area contributed by atoms with Crippen LogP contribution in [0.3, 0.4) is 0 Å². The van der Waals surface area contributed by atoms with Gasteiger partial charge in [-0.3, -0.25) is 4.90 Å². The number of nitrogens with zero attached hydrogens (tertiary/aromatic N) is 1. The third-order valence-corrected chi connectivity index (χ3v) is 4.91. The maximum atomic E-state index is 11.6. The lowest BCUT2D eigenvalue weighted by Crippen LogP contribution is -2.38. The number of carboxylic acids is 1. The second-order valence-electron chi connectivity index (χ2n) is 5.68. The van der Waals surface area contributed by atoms with Gasteiger partial charge in [-0.1, -0.05) is 24.3 Å². The first kappa shape index (κ1) is 17.7. The Kier molecular flexibility index (Phi) is 6.22. The maximum Gasteiger partial charge on any atom is 0.337 e. The van der Waals surface area contributed by atoms with Crippen molar-refractivity contribution in [3.05, 3.63) is 52.2 Å². The van der Waals surface area contributed by atoms with Crippen molar-refractivity contribution >= 4 is 29.0 Å². The number of carboxylic acid groups (broad SMARTS) is 1. The summed E-state index contributed by atoms with van der Waals surface area (Å²) in [7, 11) is 0. The van der Waals surface area contributed by atoms with Gasteiger partial charge >= 0.3 is 5.97 Å². The van der Waals surface area contributed by atoms with Gasteiger partial charge in [0.2, 0.25) is 0 Å². The third-order valence-electron chi connectivity index (χ3n) is 4.00. The average Bonchev–Trinajstić information content (AvgIpc) is 3.15. The van der Waals surface area contributed by atoms with E-state index in [0.717, 1.165) is 43.3 Å². The molecule has 0 unspecified atom stereocenters. The molecule has 1 aromatic heterocycles. The zero-order valence-corrected chi connectivity index (χ0v) is 14.7. The molecule has 2 aromatic rings. The van der Waals surface area contributed by atoms with Crippen LogP contribution in [0.15, 0.2) is 41.8 Å². The van der Waals surface area contributed by atoms with E-state index in [0.29, 0.717) is 12.4 Å². The number of hydrogen-bond donors (Lipinski definition) is 1. The molecule has 0 aliphatic carbocycles. The van der Waals surface area contributed by atoms with Crippen LogP contribution in [-0.4, -0.2) is 55.4 Å². The number of para-hydroxylation sites is 1. The summed E-state index contributed by atoms with van der Waals surface area (Å²) < 4.78 is 11.3. The van der Waals surface area contributed by atoms with E-state index in [9.17, 15) is 9.90 Å².